The Labute approximate surface area is 78.6 Å². The van der Waals surface area contributed by atoms with Gasteiger partial charge >= 0.3 is 5.97 Å². The number of hydrogen-bond acceptors (Lipinski definition) is 3. The van der Waals surface area contributed by atoms with Crippen molar-refractivity contribution in [2.45, 2.75) is 18.6 Å². The van der Waals surface area contributed by atoms with Gasteiger partial charge < -0.3 is 9.47 Å². The average Bonchev–Trinajstić information content (AvgIpc) is 2.45. The molecule has 0 bridgehead atoms. The number of hydrogen-bond donors (Lipinski definition) is 0. The van der Waals surface area contributed by atoms with Crippen LogP contribution in [0.2, 0.25) is 0 Å². The highest BCUT2D eigenvalue weighted by Gasteiger charge is 2.45. The molecule has 2 aliphatic heterocycles. The van der Waals surface area contributed by atoms with E-state index in [2.05, 4.69) is 22.6 Å². The summed E-state index contributed by atoms with van der Waals surface area (Å²) in [4.78, 5) is 10.8. The summed E-state index contributed by atoms with van der Waals surface area (Å²) in [5.41, 5.74) is 0. The highest BCUT2D eigenvalue weighted by Crippen LogP contribution is 2.33. The number of esters is 1. The van der Waals surface area contributed by atoms with Crippen molar-refractivity contribution >= 4 is 28.6 Å². The lowest BCUT2D eigenvalue weighted by Gasteiger charge is -2.09. The van der Waals surface area contributed by atoms with Crippen LogP contribution in [0.25, 0.3) is 0 Å². The largest absolute Gasteiger partial charge is 0.459 e. The Hall–Kier alpha value is 0.160. The number of fused-ring (bicyclic) bond motifs is 1. The second-order valence-electron chi connectivity index (χ2n) is 2.92. The molecule has 0 N–H and O–H groups in total. The Morgan fingerprint density at radius 3 is 3.18 bits per heavy atom. The Kier molecular flexibility index (Phi) is 2.05. The third-order valence-corrected chi connectivity index (χ3v) is 3.14. The molecule has 0 aromatic carbocycles. The van der Waals surface area contributed by atoms with Gasteiger partial charge in [-0.05, 0) is 0 Å². The molecule has 3 atom stereocenters. The second kappa shape index (κ2) is 2.90. The van der Waals surface area contributed by atoms with Crippen molar-refractivity contribution < 1.29 is 14.3 Å². The summed E-state index contributed by atoms with van der Waals surface area (Å²) in [5, 5.41) is 0. The normalized spacial score (nSPS) is 42.3. The predicted molar refractivity (Wildman–Crippen MR) is 46.6 cm³/mol. The number of alkyl halides is 1. The van der Waals surface area contributed by atoms with Gasteiger partial charge in [-0.15, -0.1) is 0 Å². The summed E-state index contributed by atoms with van der Waals surface area (Å²) < 4.78 is 11.4. The number of carbonyl (C=O) groups is 1. The van der Waals surface area contributed by atoms with Gasteiger partial charge in [0.1, 0.15) is 6.10 Å². The van der Waals surface area contributed by atoms with Gasteiger partial charge in [-0.1, -0.05) is 22.6 Å². The molecule has 2 saturated heterocycles. The van der Waals surface area contributed by atoms with Crippen LogP contribution < -0.4 is 0 Å². The van der Waals surface area contributed by atoms with Crippen LogP contribution >= 0.6 is 22.6 Å². The fraction of sp³-hybridized carbons (Fsp3) is 0.857. The van der Waals surface area contributed by atoms with E-state index in [-0.39, 0.29) is 18.2 Å². The van der Waals surface area contributed by atoms with E-state index in [0.29, 0.717) is 18.9 Å². The number of rotatable bonds is 1. The lowest BCUT2D eigenvalue weighted by Crippen LogP contribution is -2.20. The van der Waals surface area contributed by atoms with E-state index < -0.39 is 0 Å². The zero-order valence-electron chi connectivity index (χ0n) is 5.96. The molecule has 2 aliphatic rings. The van der Waals surface area contributed by atoms with Crippen molar-refractivity contribution in [1.29, 1.82) is 0 Å². The molecular weight excluding hydrogens is 259 g/mol. The number of ether oxygens (including phenoxy) is 2. The van der Waals surface area contributed by atoms with E-state index in [1.165, 1.54) is 0 Å². The third-order valence-electron chi connectivity index (χ3n) is 2.27. The highest BCUT2D eigenvalue weighted by molar-refractivity contribution is 14.1. The van der Waals surface area contributed by atoms with Crippen LogP contribution in [0.4, 0.5) is 0 Å². The van der Waals surface area contributed by atoms with Crippen LogP contribution in [0, 0.1) is 5.92 Å². The number of halogens is 1. The minimum absolute atomic E-state index is 0.0573. The molecule has 4 heteroatoms. The first-order valence-corrected chi connectivity index (χ1v) is 5.21. The fourth-order valence-corrected chi connectivity index (χ4v) is 2.57. The summed E-state index contributed by atoms with van der Waals surface area (Å²) in [6.45, 7) is 0.601. The maximum atomic E-state index is 10.8. The molecule has 2 heterocycles. The SMILES string of the molecule is O=C1C[C@H]2[C@H](CI)OC[C@H]2O1. The summed E-state index contributed by atoms with van der Waals surface area (Å²) in [7, 11) is 0. The van der Waals surface area contributed by atoms with Gasteiger partial charge in [-0.3, -0.25) is 4.79 Å². The smallest absolute Gasteiger partial charge is 0.306 e. The first kappa shape index (κ1) is 7.79. The third kappa shape index (κ3) is 1.26. The minimum atomic E-state index is -0.0573. The van der Waals surface area contributed by atoms with Crippen molar-refractivity contribution in [1.82, 2.24) is 0 Å². The molecule has 0 aliphatic carbocycles. The quantitative estimate of drug-likeness (QED) is 0.400. The highest BCUT2D eigenvalue weighted by atomic mass is 127. The maximum Gasteiger partial charge on any atom is 0.306 e. The lowest BCUT2D eigenvalue weighted by atomic mass is 9.99. The van der Waals surface area contributed by atoms with Gasteiger partial charge in [-0.2, -0.15) is 0 Å². The lowest BCUT2D eigenvalue weighted by molar-refractivity contribution is -0.142. The van der Waals surface area contributed by atoms with Crippen molar-refractivity contribution in [3.05, 3.63) is 0 Å². The molecule has 3 nitrogen and oxygen atoms in total. The zero-order valence-corrected chi connectivity index (χ0v) is 8.11. The summed E-state index contributed by atoms with van der Waals surface area (Å²) >= 11 is 2.28. The molecule has 0 aromatic rings. The van der Waals surface area contributed by atoms with Crippen LogP contribution in [-0.4, -0.2) is 29.2 Å². The maximum absolute atomic E-state index is 10.8. The first-order chi connectivity index (χ1) is 5.31. The van der Waals surface area contributed by atoms with Crippen LogP contribution in [0.3, 0.4) is 0 Å². The van der Waals surface area contributed by atoms with Crippen molar-refractivity contribution in [2.24, 2.45) is 5.92 Å². The summed E-state index contributed by atoms with van der Waals surface area (Å²) in [6.07, 6.45) is 0.854. The predicted octanol–water partition coefficient (Wildman–Crippen LogP) is 0.752. The summed E-state index contributed by atoms with van der Waals surface area (Å²) in [5.74, 6) is 0.276. The van der Waals surface area contributed by atoms with Crippen LogP contribution in [0.15, 0.2) is 0 Å². The molecule has 11 heavy (non-hydrogen) atoms. The molecule has 62 valence electrons. The van der Waals surface area contributed by atoms with Gasteiger partial charge in [0.2, 0.25) is 0 Å². The van der Waals surface area contributed by atoms with Crippen molar-refractivity contribution in [2.75, 3.05) is 11.0 Å². The molecule has 2 fully saturated rings. The van der Waals surface area contributed by atoms with E-state index in [0.717, 1.165) is 4.43 Å². The van der Waals surface area contributed by atoms with E-state index in [4.69, 9.17) is 9.47 Å². The topological polar surface area (TPSA) is 35.5 Å². The molecule has 0 amide bonds. The Morgan fingerprint density at radius 1 is 1.64 bits per heavy atom. The standard InChI is InChI=1S/C7H9IO3/c8-2-5-4-1-7(9)11-6(4)3-10-5/h4-6H,1-3H2/t4-,5-,6+/m0/s1. The van der Waals surface area contributed by atoms with E-state index in [1.807, 2.05) is 0 Å². The van der Waals surface area contributed by atoms with Crippen molar-refractivity contribution in [3.63, 3.8) is 0 Å². The zero-order chi connectivity index (χ0) is 7.84. The molecule has 2 rings (SSSR count). The molecular formula is C7H9IO3. The van der Waals surface area contributed by atoms with Gasteiger partial charge in [0.15, 0.2) is 0 Å². The van der Waals surface area contributed by atoms with Gasteiger partial charge in [0.25, 0.3) is 0 Å². The van der Waals surface area contributed by atoms with Gasteiger partial charge in [0.05, 0.1) is 19.1 Å². The van der Waals surface area contributed by atoms with Crippen LogP contribution in [-0.2, 0) is 14.3 Å². The molecule has 0 spiro atoms. The Bertz CT molecular complexity index is 183. The number of carbonyl (C=O) groups excluding carboxylic acids is 1. The van der Waals surface area contributed by atoms with Crippen LogP contribution in [0.5, 0.6) is 0 Å². The van der Waals surface area contributed by atoms with E-state index in [1.54, 1.807) is 0 Å². The van der Waals surface area contributed by atoms with Gasteiger partial charge in [0, 0.05) is 10.3 Å². The molecule has 0 radical (unpaired) electrons. The average molecular weight is 268 g/mol. The molecule has 0 unspecified atom stereocenters. The van der Waals surface area contributed by atoms with E-state index in [9.17, 15) is 4.79 Å². The minimum Gasteiger partial charge on any atom is -0.459 e. The monoisotopic (exact) mass is 268 g/mol. The molecule has 0 saturated carbocycles. The Morgan fingerprint density at radius 2 is 2.45 bits per heavy atom. The summed E-state index contributed by atoms with van der Waals surface area (Å²) in [6, 6.07) is 0. The van der Waals surface area contributed by atoms with E-state index >= 15 is 0 Å². The first-order valence-electron chi connectivity index (χ1n) is 3.68. The Balaban J connectivity index is 2.07. The molecule has 0 aromatic heterocycles. The van der Waals surface area contributed by atoms with Crippen molar-refractivity contribution in [3.8, 4) is 0 Å². The van der Waals surface area contributed by atoms with Gasteiger partial charge in [-0.25, -0.2) is 0 Å². The van der Waals surface area contributed by atoms with Crippen LogP contribution in [0.1, 0.15) is 6.42 Å². The fourth-order valence-electron chi connectivity index (χ4n) is 1.66. The second-order valence-corrected chi connectivity index (χ2v) is 3.80.